The van der Waals surface area contributed by atoms with Crippen LogP contribution in [-0.4, -0.2) is 21.4 Å². The van der Waals surface area contributed by atoms with Gasteiger partial charge >= 0.3 is 0 Å². The number of sulfonamides is 1. The quantitative estimate of drug-likeness (QED) is 0.788. The lowest BCUT2D eigenvalue weighted by atomic mass is 10.1. The fourth-order valence-electron chi connectivity index (χ4n) is 1.56. The summed E-state index contributed by atoms with van der Waals surface area (Å²) in [5, 5.41) is 2.81. The van der Waals surface area contributed by atoms with E-state index in [0.717, 1.165) is 17.5 Å². The zero-order valence-electron chi connectivity index (χ0n) is 11.3. The van der Waals surface area contributed by atoms with Crippen molar-refractivity contribution in [2.75, 3.05) is 7.05 Å². The molecule has 0 heterocycles. The molecule has 5 nitrogen and oxygen atoms in total. The van der Waals surface area contributed by atoms with Gasteiger partial charge in [0, 0.05) is 13.0 Å². The zero-order valence-corrected chi connectivity index (χ0v) is 12.1. The van der Waals surface area contributed by atoms with Crippen molar-refractivity contribution in [2.45, 2.75) is 32.1 Å². The molecule has 106 valence electrons. The first kappa shape index (κ1) is 15.7. The molecule has 0 saturated carbocycles. The van der Waals surface area contributed by atoms with Crippen molar-refractivity contribution in [3.8, 4) is 0 Å². The molecular formula is C13H20N2O3S. The van der Waals surface area contributed by atoms with Crippen LogP contribution in [0.15, 0.2) is 24.3 Å². The van der Waals surface area contributed by atoms with Gasteiger partial charge < -0.3 is 5.32 Å². The van der Waals surface area contributed by atoms with Gasteiger partial charge in [-0.1, -0.05) is 31.2 Å². The molecule has 0 aliphatic carbocycles. The van der Waals surface area contributed by atoms with Crippen LogP contribution in [0.2, 0.25) is 0 Å². The van der Waals surface area contributed by atoms with Gasteiger partial charge in [0.2, 0.25) is 15.9 Å². The smallest absolute Gasteiger partial charge is 0.220 e. The summed E-state index contributed by atoms with van der Waals surface area (Å²) >= 11 is 0. The molecule has 0 aliphatic heterocycles. The summed E-state index contributed by atoms with van der Waals surface area (Å²) in [6, 6.07) is 7.17. The third-order valence-electron chi connectivity index (χ3n) is 2.66. The van der Waals surface area contributed by atoms with Crippen LogP contribution < -0.4 is 10.0 Å². The van der Waals surface area contributed by atoms with Gasteiger partial charge in [-0.05, 0) is 24.6 Å². The molecule has 1 aromatic carbocycles. The first-order valence-electron chi connectivity index (χ1n) is 6.22. The Morgan fingerprint density at radius 2 is 1.74 bits per heavy atom. The Hall–Kier alpha value is -1.40. The molecule has 19 heavy (non-hydrogen) atoms. The minimum Gasteiger partial charge on any atom is -0.352 e. The lowest BCUT2D eigenvalue weighted by Gasteiger charge is -2.06. The number of carbonyl (C=O) groups excluding carboxylic acids is 1. The molecule has 0 unspecified atom stereocenters. The van der Waals surface area contributed by atoms with E-state index in [9.17, 15) is 13.2 Å². The van der Waals surface area contributed by atoms with E-state index in [1.165, 1.54) is 7.05 Å². The van der Waals surface area contributed by atoms with Crippen LogP contribution in [0.1, 0.15) is 30.9 Å². The van der Waals surface area contributed by atoms with Crippen molar-refractivity contribution >= 4 is 15.9 Å². The van der Waals surface area contributed by atoms with Crippen LogP contribution >= 0.6 is 0 Å². The zero-order chi connectivity index (χ0) is 14.3. The Morgan fingerprint density at radius 3 is 2.26 bits per heavy atom. The molecule has 0 bridgehead atoms. The van der Waals surface area contributed by atoms with E-state index in [4.69, 9.17) is 0 Å². The Morgan fingerprint density at radius 1 is 1.16 bits per heavy atom. The number of hydrogen-bond donors (Lipinski definition) is 2. The molecule has 0 aromatic heterocycles. The van der Waals surface area contributed by atoms with E-state index in [1.54, 1.807) is 12.1 Å². The lowest BCUT2D eigenvalue weighted by Crippen LogP contribution is -2.22. The van der Waals surface area contributed by atoms with Crippen LogP contribution in [0.4, 0.5) is 0 Å². The molecule has 0 aliphatic rings. The van der Waals surface area contributed by atoms with Crippen LogP contribution in [0.5, 0.6) is 0 Å². The normalized spacial score (nSPS) is 11.3. The van der Waals surface area contributed by atoms with Crippen LogP contribution in [0, 0.1) is 0 Å². The highest BCUT2D eigenvalue weighted by Crippen LogP contribution is 2.07. The van der Waals surface area contributed by atoms with Crippen LogP contribution in [-0.2, 0) is 27.1 Å². The average molecular weight is 284 g/mol. The molecular weight excluding hydrogens is 264 g/mol. The van der Waals surface area contributed by atoms with Crippen molar-refractivity contribution in [3.05, 3.63) is 35.4 Å². The number of hydrogen-bond acceptors (Lipinski definition) is 3. The van der Waals surface area contributed by atoms with Crippen LogP contribution in [0.3, 0.4) is 0 Å². The Labute approximate surface area is 114 Å². The highest BCUT2D eigenvalue weighted by molar-refractivity contribution is 7.88. The average Bonchev–Trinajstić information content (AvgIpc) is 2.38. The maximum Gasteiger partial charge on any atom is 0.220 e. The Kier molecular flexibility index (Phi) is 5.98. The maximum absolute atomic E-state index is 11.4. The van der Waals surface area contributed by atoms with Crippen molar-refractivity contribution < 1.29 is 13.2 Å². The van der Waals surface area contributed by atoms with Crippen molar-refractivity contribution in [1.82, 2.24) is 10.0 Å². The van der Waals surface area contributed by atoms with Gasteiger partial charge in [0.15, 0.2) is 0 Å². The topological polar surface area (TPSA) is 75.3 Å². The minimum absolute atomic E-state index is 0.0318. The van der Waals surface area contributed by atoms with Crippen molar-refractivity contribution in [1.29, 1.82) is 0 Å². The number of rotatable bonds is 7. The summed E-state index contributed by atoms with van der Waals surface area (Å²) in [5.74, 6) is -0.00395. The number of benzene rings is 1. The molecule has 6 heteroatoms. The molecule has 1 aromatic rings. The molecule has 0 atom stereocenters. The van der Waals surface area contributed by atoms with Gasteiger partial charge in [-0.15, -0.1) is 0 Å². The van der Waals surface area contributed by atoms with Gasteiger partial charge in [0.25, 0.3) is 0 Å². The maximum atomic E-state index is 11.4. The Bertz CT molecular complexity index is 509. The van der Waals surface area contributed by atoms with E-state index >= 15 is 0 Å². The summed E-state index contributed by atoms with van der Waals surface area (Å²) in [5.41, 5.74) is 1.67. The number of nitrogens with one attached hydrogen (secondary N) is 2. The van der Waals surface area contributed by atoms with E-state index in [-0.39, 0.29) is 11.7 Å². The molecule has 0 saturated heterocycles. The highest BCUT2D eigenvalue weighted by atomic mass is 32.2. The SMILES string of the molecule is CCCC(=O)NCc1ccc(CS(=O)(=O)NC)cc1. The predicted octanol–water partition coefficient (Wildman–Crippen LogP) is 1.15. The predicted molar refractivity (Wildman–Crippen MR) is 74.9 cm³/mol. The molecule has 0 spiro atoms. The number of carbonyl (C=O) groups is 1. The monoisotopic (exact) mass is 284 g/mol. The Balaban J connectivity index is 2.55. The third kappa shape index (κ3) is 5.85. The van der Waals surface area contributed by atoms with E-state index < -0.39 is 10.0 Å². The van der Waals surface area contributed by atoms with Crippen molar-refractivity contribution in [3.63, 3.8) is 0 Å². The van der Waals surface area contributed by atoms with Crippen molar-refractivity contribution in [2.24, 2.45) is 0 Å². The molecule has 1 amide bonds. The van der Waals surface area contributed by atoms with E-state index in [1.807, 2.05) is 19.1 Å². The largest absolute Gasteiger partial charge is 0.352 e. The van der Waals surface area contributed by atoms with Gasteiger partial charge in [-0.2, -0.15) is 0 Å². The third-order valence-corrected chi connectivity index (χ3v) is 3.99. The molecule has 0 radical (unpaired) electrons. The second kappa shape index (κ2) is 7.25. The van der Waals surface area contributed by atoms with Gasteiger partial charge in [-0.25, -0.2) is 13.1 Å². The fourth-order valence-corrected chi connectivity index (χ4v) is 2.34. The summed E-state index contributed by atoms with van der Waals surface area (Å²) in [6.07, 6.45) is 1.35. The first-order chi connectivity index (χ1) is 8.96. The highest BCUT2D eigenvalue weighted by Gasteiger charge is 2.08. The number of amides is 1. The summed E-state index contributed by atoms with van der Waals surface area (Å²) in [7, 11) is -1.84. The lowest BCUT2D eigenvalue weighted by molar-refractivity contribution is -0.121. The second-order valence-electron chi connectivity index (χ2n) is 4.31. The second-order valence-corrected chi connectivity index (χ2v) is 6.23. The summed E-state index contributed by atoms with van der Waals surface area (Å²) < 4.78 is 25.0. The molecule has 2 N–H and O–H groups in total. The minimum atomic E-state index is -3.24. The molecule has 1 rings (SSSR count). The molecule has 0 fully saturated rings. The summed E-state index contributed by atoms with van der Waals surface area (Å²) in [4.78, 5) is 11.3. The standard InChI is InChI=1S/C13H20N2O3S/c1-3-4-13(16)15-9-11-5-7-12(8-6-11)10-19(17,18)14-2/h5-8,14H,3-4,9-10H2,1-2H3,(H,15,16). The fraction of sp³-hybridized carbons (Fsp3) is 0.462. The summed E-state index contributed by atoms with van der Waals surface area (Å²) in [6.45, 7) is 2.43. The van der Waals surface area contributed by atoms with Crippen LogP contribution in [0.25, 0.3) is 0 Å². The van der Waals surface area contributed by atoms with E-state index in [2.05, 4.69) is 10.0 Å². The van der Waals surface area contributed by atoms with E-state index in [0.29, 0.717) is 13.0 Å². The van der Waals surface area contributed by atoms with Gasteiger partial charge in [0.05, 0.1) is 5.75 Å². The van der Waals surface area contributed by atoms with Gasteiger partial charge in [-0.3, -0.25) is 4.79 Å². The first-order valence-corrected chi connectivity index (χ1v) is 7.88. The van der Waals surface area contributed by atoms with Gasteiger partial charge in [0.1, 0.15) is 0 Å².